The molecule has 2 rings (SSSR count). The third-order valence-corrected chi connectivity index (χ3v) is 3.83. The van der Waals surface area contributed by atoms with Gasteiger partial charge in [0.2, 0.25) is 0 Å². The summed E-state index contributed by atoms with van der Waals surface area (Å²) in [7, 11) is 0. The van der Waals surface area contributed by atoms with Gasteiger partial charge < -0.3 is 5.32 Å². The summed E-state index contributed by atoms with van der Waals surface area (Å²) in [6.07, 6.45) is 0. The molecule has 0 spiro atoms. The van der Waals surface area contributed by atoms with Gasteiger partial charge in [-0.25, -0.2) is 4.39 Å². The van der Waals surface area contributed by atoms with Crippen LogP contribution in [-0.2, 0) is 0 Å². The van der Waals surface area contributed by atoms with Gasteiger partial charge in [0, 0.05) is 5.69 Å². The van der Waals surface area contributed by atoms with E-state index in [1.807, 2.05) is 30.3 Å². The normalized spacial score (nSPS) is 10.4. The molecule has 2 aromatic carbocycles. The van der Waals surface area contributed by atoms with Crippen molar-refractivity contribution in [3.8, 4) is 6.07 Å². The third kappa shape index (κ3) is 2.83. The molecule has 0 heterocycles. The highest BCUT2D eigenvalue weighted by atomic mass is 79.9. The van der Waals surface area contributed by atoms with E-state index >= 15 is 0 Å². The Morgan fingerprint density at radius 1 is 1.15 bits per heavy atom. The van der Waals surface area contributed by atoms with Crippen LogP contribution in [0.5, 0.6) is 0 Å². The molecule has 0 aliphatic rings. The van der Waals surface area contributed by atoms with Gasteiger partial charge in [0.05, 0.1) is 15.7 Å². The van der Waals surface area contributed by atoms with Crippen LogP contribution in [0.25, 0.3) is 0 Å². The van der Waals surface area contributed by atoms with Crippen molar-refractivity contribution in [3.05, 3.63) is 57.8 Å². The van der Waals surface area contributed by atoms with Gasteiger partial charge in [0.25, 0.3) is 0 Å². The number of rotatable bonds is 3. The largest absolute Gasteiger partial charge is 0.353 e. The number of nitrogens with one attached hydrogen (secondary N) is 1. The maximum absolute atomic E-state index is 14.2. The van der Waals surface area contributed by atoms with E-state index in [9.17, 15) is 4.39 Å². The molecule has 1 N–H and O–H groups in total. The second-order valence-corrected chi connectivity index (χ2v) is 5.56. The Bertz CT molecular complexity index is 675. The highest BCUT2D eigenvalue weighted by Gasteiger charge is 2.13. The van der Waals surface area contributed by atoms with Gasteiger partial charge in [-0.1, -0.05) is 32.0 Å². The summed E-state index contributed by atoms with van der Waals surface area (Å²) in [5.41, 5.74) is 2.62. The summed E-state index contributed by atoms with van der Waals surface area (Å²) in [4.78, 5) is 0. The molecule has 0 aliphatic carbocycles. The van der Waals surface area contributed by atoms with E-state index in [2.05, 4.69) is 35.1 Å². The number of halogens is 2. The molecule has 0 radical (unpaired) electrons. The first-order valence-corrected chi connectivity index (χ1v) is 7.08. The molecule has 0 unspecified atom stereocenters. The number of para-hydroxylation sites is 1. The fourth-order valence-corrected chi connectivity index (χ4v) is 2.43. The Kier molecular flexibility index (Phi) is 4.41. The Labute approximate surface area is 126 Å². The van der Waals surface area contributed by atoms with Crippen molar-refractivity contribution in [2.24, 2.45) is 0 Å². The maximum atomic E-state index is 14.2. The quantitative estimate of drug-likeness (QED) is 0.824. The standard InChI is InChI=1S/C16H14BrFN2/c1-10(2)12-5-3-4-6-13(12)20-14-8-7-11(9-19)15(17)16(14)18/h3-8,10,20H,1-2H3. The molecule has 102 valence electrons. The van der Waals surface area contributed by atoms with E-state index in [1.165, 1.54) is 0 Å². The van der Waals surface area contributed by atoms with E-state index < -0.39 is 5.82 Å². The van der Waals surface area contributed by atoms with Crippen LogP contribution < -0.4 is 5.32 Å². The Hall–Kier alpha value is -1.86. The number of nitriles is 1. The van der Waals surface area contributed by atoms with Gasteiger partial charge in [0.1, 0.15) is 6.07 Å². The number of hydrogen-bond donors (Lipinski definition) is 1. The monoisotopic (exact) mass is 332 g/mol. The van der Waals surface area contributed by atoms with Crippen molar-refractivity contribution >= 4 is 27.3 Å². The molecule has 0 fully saturated rings. The van der Waals surface area contributed by atoms with E-state index in [0.29, 0.717) is 11.6 Å². The van der Waals surface area contributed by atoms with Gasteiger partial charge in [0.15, 0.2) is 5.82 Å². The van der Waals surface area contributed by atoms with Crippen LogP contribution in [0, 0.1) is 17.1 Å². The fraction of sp³-hybridized carbons (Fsp3) is 0.188. The minimum atomic E-state index is -0.456. The lowest BCUT2D eigenvalue weighted by Crippen LogP contribution is -2.00. The topological polar surface area (TPSA) is 35.8 Å². The highest BCUT2D eigenvalue weighted by molar-refractivity contribution is 9.10. The van der Waals surface area contributed by atoms with Crippen molar-refractivity contribution < 1.29 is 4.39 Å². The maximum Gasteiger partial charge on any atom is 0.162 e. The van der Waals surface area contributed by atoms with E-state index in [0.717, 1.165) is 11.3 Å². The van der Waals surface area contributed by atoms with Crippen molar-refractivity contribution in [1.82, 2.24) is 0 Å². The zero-order valence-corrected chi connectivity index (χ0v) is 12.8. The Morgan fingerprint density at radius 3 is 2.50 bits per heavy atom. The van der Waals surface area contributed by atoms with Gasteiger partial charge in [-0.05, 0) is 45.6 Å². The predicted octanol–water partition coefficient (Wildman–Crippen LogP) is 5.33. The van der Waals surface area contributed by atoms with E-state index in [4.69, 9.17) is 5.26 Å². The average molecular weight is 333 g/mol. The van der Waals surface area contributed by atoms with Crippen molar-refractivity contribution in [2.45, 2.75) is 19.8 Å². The van der Waals surface area contributed by atoms with Crippen molar-refractivity contribution in [1.29, 1.82) is 5.26 Å². The molecule has 4 heteroatoms. The van der Waals surface area contributed by atoms with Crippen molar-refractivity contribution in [3.63, 3.8) is 0 Å². The van der Waals surface area contributed by atoms with Crippen LogP contribution in [0.1, 0.15) is 30.9 Å². The van der Waals surface area contributed by atoms with Crippen LogP contribution >= 0.6 is 15.9 Å². The van der Waals surface area contributed by atoms with Crippen molar-refractivity contribution in [2.75, 3.05) is 5.32 Å². The first kappa shape index (κ1) is 14.5. The zero-order valence-electron chi connectivity index (χ0n) is 11.2. The van der Waals surface area contributed by atoms with Gasteiger partial charge in [-0.2, -0.15) is 5.26 Å². The fourth-order valence-electron chi connectivity index (χ4n) is 1.99. The molecule has 20 heavy (non-hydrogen) atoms. The molecular weight excluding hydrogens is 319 g/mol. The van der Waals surface area contributed by atoms with Crippen LogP contribution in [0.4, 0.5) is 15.8 Å². The van der Waals surface area contributed by atoms with Crippen LogP contribution in [0.2, 0.25) is 0 Å². The Balaban J connectivity index is 2.42. The molecule has 2 nitrogen and oxygen atoms in total. The van der Waals surface area contributed by atoms with Crippen LogP contribution in [0.15, 0.2) is 40.9 Å². The SMILES string of the molecule is CC(C)c1ccccc1Nc1ccc(C#N)c(Br)c1F. The van der Waals surface area contributed by atoms with Crippen LogP contribution in [0.3, 0.4) is 0 Å². The molecule has 0 aliphatic heterocycles. The first-order valence-electron chi connectivity index (χ1n) is 6.28. The molecule has 0 aromatic heterocycles. The van der Waals surface area contributed by atoms with E-state index in [1.54, 1.807) is 12.1 Å². The van der Waals surface area contributed by atoms with Gasteiger partial charge in [-0.15, -0.1) is 0 Å². The lowest BCUT2D eigenvalue weighted by Gasteiger charge is -2.15. The molecular formula is C16H14BrFN2. The Morgan fingerprint density at radius 2 is 1.85 bits per heavy atom. The molecule has 0 saturated carbocycles. The summed E-state index contributed by atoms with van der Waals surface area (Å²) in [5, 5.41) is 12.0. The lowest BCUT2D eigenvalue weighted by atomic mass is 10.0. The molecule has 0 amide bonds. The zero-order chi connectivity index (χ0) is 14.7. The summed E-state index contributed by atoms with van der Waals surface area (Å²) in [5.74, 6) is -0.119. The average Bonchev–Trinajstić information content (AvgIpc) is 2.44. The van der Waals surface area contributed by atoms with Gasteiger partial charge in [-0.3, -0.25) is 0 Å². The minimum absolute atomic E-state index is 0.187. The van der Waals surface area contributed by atoms with Gasteiger partial charge >= 0.3 is 0 Å². The predicted molar refractivity (Wildman–Crippen MR) is 82.6 cm³/mol. The number of anilines is 2. The van der Waals surface area contributed by atoms with E-state index in [-0.39, 0.29) is 10.0 Å². The number of hydrogen-bond acceptors (Lipinski definition) is 2. The molecule has 2 aromatic rings. The summed E-state index contributed by atoms with van der Waals surface area (Å²) >= 11 is 3.11. The third-order valence-electron chi connectivity index (χ3n) is 3.05. The first-order chi connectivity index (χ1) is 9.54. The summed E-state index contributed by atoms with van der Waals surface area (Å²) in [6.45, 7) is 4.18. The minimum Gasteiger partial charge on any atom is -0.353 e. The summed E-state index contributed by atoms with van der Waals surface area (Å²) in [6, 6.07) is 12.9. The second kappa shape index (κ2) is 6.06. The summed E-state index contributed by atoms with van der Waals surface area (Å²) < 4.78 is 14.4. The lowest BCUT2D eigenvalue weighted by molar-refractivity contribution is 0.624. The van der Waals surface area contributed by atoms with Crippen LogP contribution in [-0.4, -0.2) is 0 Å². The second-order valence-electron chi connectivity index (χ2n) is 4.77. The molecule has 0 saturated heterocycles. The highest BCUT2D eigenvalue weighted by Crippen LogP contribution is 2.31. The number of nitrogens with zero attached hydrogens (tertiary/aromatic N) is 1. The molecule has 0 bridgehead atoms. The smallest absolute Gasteiger partial charge is 0.162 e. The number of benzene rings is 2. The molecule has 0 atom stereocenters.